The van der Waals surface area contributed by atoms with Crippen molar-refractivity contribution in [2.24, 2.45) is 0 Å². The maximum absolute atomic E-state index is 12.9. The van der Waals surface area contributed by atoms with E-state index >= 15 is 0 Å². The van der Waals surface area contributed by atoms with Crippen LogP contribution >= 0.6 is 11.6 Å². The fraction of sp³-hybridized carbons (Fsp3) is 0.150. The lowest BCUT2D eigenvalue weighted by Gasteiger charge is -2.07. The second kappa shape index (κ2) is 9.09. The van der Waals surface area contributed by atoms with Crippen molar-refractivity contribution in [2.75, 3.05) is 11.9 Å². The van der Waals surface area contributed by atoms with Crippen molar-refractivity contribution < 1.29 is 9.18 Å². The molecule has 5 nitrogen and oxygen atoms in total. The van der Waals surface area contributed by atoms with Gasteiger partial charge in [0, 0.05) is 18.1 Å². The first-order valence-electron chi connectivity index (χ1n) is 8.45. The highest BCUT2D eigenvalue weighted by molar-refractivity contribution is 6.30. The first-order valence-corrected chi connectivity index (χ1v) is 8.82. The normalized spacial score (nSPS) is 10.4. The van der Waals surface area contributed by atoms with Gasteiger partial charge in [0.1, 0.15) is 11.6 Å². The molecule has 0 unspecified atom stereocenters. The van der Waals surface area contributed by atoms with Gasteiger partial charge in [0.15, 0.2) is 5.69 Å². The number of nitrogens with one attached hydrogen (secondary N) is 2. The van der Waals surface area contributed by atoms with E-state index in [4.69, 9.17) is 11.6 Å². The standard InChI is InChI=1S/C20H18ClFN4O/c21-16-5-1-15(2-6-16)13-24-20(27)18-9-10-19(26-25-18)23-12-11-14-3-7-17(22)8-4-14/h1-10H,11-13H2,(H,23,26)(H,24,27). The minimum atomic E-state index is -0.296. The highest BCUT2D eigenvalue weighted by atomic mass is 35.5. The van der Waals surface area contributed by atoms with Gasteiger partial charge in [-0.25, -0.2) is 4.39 Å². The molecule has 1 amide bonds. The van der Waals surface area contributed by atoms with Crippen molar-refractivity contribution in [1.82, 2.24) is 15.5 Å². The average molecular weight is 385 g/mol. The highest BCUT2D eigenvalue weighted by Gasteiger charge is 2.08. The number of carbonyl (C=O) groups excluding carboxylic acids is 1. The van der Waals surface area contributed by atoms with E-state index in [2.05, 4.69) is 20.8 Å². The molecule has 2 N–H and O–H groups in total. The molecule has 0 bridgehead atoms. The van der Waals surface area contributed by atoms with E-state index in [-0.39, 0.29) is 17.4 Å². The summed E-state index contributed by atoms with van der Waals surface area (Å²) in [6.45, 7) is 1.01. The molecule has 0 aliphatic carbocycles. The molecule has 0 spiro atoms. The molecule has 0 radical (unpaired) electrons. The quantitative estimate of drug-likeness (QED) is 0.649. The van der Waals surface area contributed by atoms with Crippen LogP contribution in [0, 0.1) is 5.82 Å². The SMILES string of the molecule is O=C(NCc1ccc(Cl)cc1)c1ccc(NCCc2ccc(F)cc2)nn1. The van der Waals surface area contributed by atoms with Crippen molar-refractivity contribution >= 4 is 23.3 Å². The van der Waals surface area contributed by atoms with Gasteiger partial charge in [-0.2, -0.15) is 0 Å². The Labute approximate surface area is 161 Å². The molecule has 0 aliphatic rings. The minimum absolute atomic E-state index is 0.244. The zero-order valence-corrected chi connectivity index (χ0v) is 15.2. The number of amides is 1. The molecule has 3 rings (SSSR count). The van der Waals surface area contributed by atoms with Crippen LogP contribution in [0.5, 0.6) is 0 Å². The van der Waals surface area contributed by atoms with E-state index in [0.29, 0.717) is 23.9 Å². The van der Waals surface area contributed by atoms with Crippen molar-refractivity contribution in [3.8, 4) is 0 Å². The Hall–Kier alpha value is -2.99. The Morgan fingerprint density at radius 3 is 2.30 bits per heavy atom. The molecule has 3 aromatic rings. The number of rotatable bonds is 7. The number of carbonyl (C=O) groups is 1. The summed E-state index contributed by atoms with van der Waals surface area (Å²) in [5.74, 6) is 0.0316. The van der Waals surface area contributed by atoms with Gasteiger partial charge in [0.2, 0.25) is 0 Å². The van der Waals surface area contributed by atoms with Crippen LogP contribution < -0.4 is 10.6 Å². The molecule has 0 saturated heterocycles. The summed E-state index contributed by atoms with van der Waals surface area (Å²) in [6, 6.07) is 16.9. The maximum Gasteiger partial charge on any atom is 0.272 e. The summed E-state index contributed by atoms with van der Waals surface area (Å²) in [7, 11) is 0. The third-order valence-corrected chi connectivity index (χ3v) is 4.15. The lowest BCUT2D eigenvalue weighted by Crippen LogP contribution is -2.24. The van der Waals surface area contributed by atoms with E-state index < -0.39 is 0 Å². The topological polar surface area (TPSA) is 66.9 Å². The number of aromatic nitrogens is 2. The van der Waals surface area contributed by atoms with E-state index in [9.17, 15) is 9.18 Å². The first-order chi connectivity index (χ1) is 13.1. The number of hydrogen-bond acceptors (Lipinski definition) is 4. The second-order valence-electron chi connectivity index (χ2n) is 5.92. The van der Waals surface area contributed by atoms with Crippen molar-refractivity contribution in [2.45, 2.75) is 13.0 Å². The maximum atomic E-state index is 12.9. The zero-order chi connectivity index (χ0) is 19.1. The largest absolute Gasteiger partial charge is 0.368 e. The molecule has 1 heterocycles. The summed E-state index contributed by atoms with van der Waals surface area (Å²) in [5.41, 5.74) is 2.21. The summed E-state index contributed by atoms with van der Waals surface area (Å²) < 4.78 is 12.9. The predicted octanol–water partition coefficient (Wildman–Crippen LogP) is 3.85. The third kappa shape index (κ3) is 5.76. The Balaban J connectivity index is 1.46. The number of hydrogen-bond donors (Lipinski definition) is 2. The fourth-order valence-electron chi connectivity index (χ4n) is 2.41. The molecule has 138 valence electrons. The smallest absolute Gasteiger partial charge is 0.272 e. The van der Waals surface area contributed by atoms with E-state index in [1.165, 1.54) is 12.1 Å². The first kappa shape index (κ1) is 18.8. The zero-order valence-electron chi connectivity index (χ0n) is 14.5. The van der Waals surface area contributed by atoms with Gasteiger partial charge in [-0.05, 0) is 53.9 Å². The predicted molar refractivity (Wildman–Crippen MR) is 103 cm³/mol. The molecule has 0 fully saturated rings. The van der Waals surface area contributed by atoms with Crippen LogP contribution in [0.3, 0.4) is 0 Å². The van der Waals surface area contributed by atoms with E-state index in [0.717, 1.165) is 17.5 Å². The molecule has 0 saturated carbocycles. The number of benzene rings is 2. The Morgan fingerprint density at radius 1 is 0.926 bits per heavy atom. The van der Waals surface area contributed by atoms with Gasteiger partial charge in [-0.15, -0.1) is 10.2 Å². The van der Waals surface area contributed by atoms with Crippen molar-refractivity contribution in [1.29, 1.82) is 0 Å². The molecule has 0 aliphatic heterocycles. The molecular weight excluding hydrogens is 367 g/mol. The minimum Gasteiger partial charge on any atom is -0.368 e. The monoisotopic (exact) mass is 384 g/mol. The van der Waals surface area contributed by atoms with Crippen LogP contribution in [-0.2, 0) is 13.0 Å². The summed E-state index contributed by atoms with van der Waals surface area (Å²) in [6.07, 6.45) is 0.727. The number of halogens is 2. The van der Waals surface area contributed by atoms with Gasteiger partial charge < -0.3 is 10.6 Å². The van der Waals surface area contributed by atoms with Gasteiger partial charge in [-0.1, -0.05) is 35.9 Å². The summed E-state index contributed by atoms with van der Waals surface area (Å²) in [4.78, 5) is 12.1. The molecule has 27 heavy (non-hydrogen) atoms. The van der Waals surface area contributed by atoms with Gasteiger partial charge in [0.25, 0.3) is 5.91 Å². The fourth-order valence-corrected chi connectivity index (χ4v) is 2.53. The second-order valence-corrected chi connectivity index (χ2v) is 6.35. The van der Waals surface area contributed by atoms with E-state index in [1.54, 1.807) is 36.4 Å². The van der Waals surface area contributed by atoms with Crippen molar-refractivity contribution in [3.05, 3.63) is 88.3 Å². The number of anilines is 1. The summed E-state index contributed by atoms with van der Waals surface area (Å²) in [5, 5.41) is 14.5. The Bertz CT molecular complexity index is 883. The molecule has 0 atom stereocenters. The molecule has 2 aromatic carbocycles. The summed E-state index contributed by atoms with van der Waals surface area (Å²) >= 11 is 5.84. The van der Waals surface area contributed by atoms with Gasteiger partial charge >= 0.3 is 0 Å². The molecule has 1 aromatic heterocycles. The average Bonchev–Trinajstić information content (AvgIpc) is 2.69. The Kier molecular flexibility index (Phi) is 6.33. The number of nitrogens with zero attached hydrogens (tertiary/aromatic N) is 2. The van der Waals surface area contributed by atoms with Crippen LogP contribution in [0.25, 0.3) is 0 Å². The molecular formula is C20H18ClFN4O. The highest BCUT2D eigenvalue weighted by Crippen LogP contribution is 2.10. The molecule has 7 heteroatoms. The third-order valence-electron chi connectivity index (χ3n) is 3.90. The Morgan fingerprint density at radius 2 is 1.63 bits per heavy atom. The van der Waals surface area contributed by atoms with E-state index in [1.807, 2.05) is 12.1 Å². The van der Waals surface area contributed by atoms with Crippen LogP contribution in [-0.4, -0.2) is 22.6 Å². The van der Waals surface area contributed by atoms with Gasteiger partial charge in [-0.3, -0.25) is 4.79 Å². The van der Waals surface area contributed by atoms with Crippen LogP contribution in [0.1, 0.15) is 21.6 Å². The van der Waals surface area contributed by atoms with Crippen LogP contribution in [0.2, 0.25) is 5.02 Å². The van der Waals surface area contributed by atoms with Gasteiger partial charge in [0.05, 0.1) is 0 Å². The lowest BCUT2D eigenvalue weighted by atomic mass is 10.1. The van der Waals surface area contributed by atoms with Crippen LogP contribution in [0.15, 0.2) is 60.7 Å². The van der Waals surface area contributed by atoms with Crippen LogP contribution in [0.4, 0.5) is 10.2 Å². The van der Waals surface area contributed by atoms with Crippen molar-refractivity contribution in [3.63, 3.8) is 0 Å². The lowest BCUT2D eigenvalue weighted by molar-refractivity contribution is 0.0945.